The van der Waals surface area contributed by atoms with Crippen molar-refractivity contribution in [2.75, 3.05) is 0 Å². The minimum absolute atomic E-state index is 0.0982. The summed E-state index contributed by atoms with van der Waals surface area (Å²) in [5, 5.41) is 0. The highest BCUT2D eigenvalue weighted by Gasteiger charge is 2.09. The molecule has 0 aliphatic carbocycles. The van der Waals surface area contributed by atoms with E-state index in [0.29, 0.717) is 0 Å². The maximum Gasteiger partial charge on any atom is 0.160 e. The topological polar surface area (TPSA) is 17.1 Å². The number of rotatable bonds is 4. The van der Waals surface area contributed by atoms with Crippen molar-refractivity contribution >= 4 is 5.78 Å². The van der Waals surface area contributed by atoms with Gasteiger partial charge in [0.05, 0.1) is 0 Å². The van der Waals surface area contributed by atoms with E-state index in [2.05, 4.69) is 55.5 Å². The van der Waals surface area contributed by atoms with Crippen LogP contribution in [0.3, 0.4) is 0 Å². The zero-order chi connectivity index (χ0) is 16.2. The smallest absolute Gasteiger partial charge is 0.160 e. The first-order valence-electron chi connectivity index (χ1n) is 7.99. The molecule has 0 saturated carbocycles. The number of carbonyl (C=O) groups excluding carboxylic acids is 1. The molecule has 0 atom stereocenters. The van der Waals surface area contributed by atoms with Gasteiger partial charge in [0, 0.05) is 5.56 Å². The maximum atomic E-state index is 11.8. The van der Waals surface area contributed by atoms with Crippen molar-refractivity contribution < 1.29 is 4.79 Å². The predicted octanol–water partition coefficient (Wildman–Crippen LogP) is 5.79. The van der Waals surface area contributed by atoms with Crippen LogP contribution < -0.4 is 0 Å². The molecule has 0 unspecified atom stereocenters. The zero-order valence-corrected chi connectivity index (χ0v) is 13.5. The first-order chi connectivity index (χ1) is 11.2. The highest BCUT2D eigenvalue weighted by atomic mass is 16.1. The van der Waals surface area contributed by atoms with E-state index in [0.717, 1.165) is 23.1 Å². The van der Waals surface area contributed by atoms with E-state index in [1.807, 2.05) is 24.3 Å². The van der Waals surface area contributed by atoms with Crippen molar-refractivity contribution in [2.45, 2.75) is 20.3 Å². The standard InChI is InChI=1S/C22H20O/c1-3-17-8-4-5-10-21(17)18-12-14-19(15-13-18)22-11-7-6-9-20(22)16(2)23/h4-15H,3H2,1-2H3. The van der Waals surface area contributed by atoms with Crippen molar-refractivity contribution in [2.24, 2.45) is 0 Å². The van der Waals surface area contributed by atoms with Gasteiger partial charge in [-0.25, -0.2) is 0 Å². The van der Waals surface area contributed by atoms with Crippen LogP contribution in [0.25, 0.3) is 22.3 Å². The van der Waals surface area contributed by atoms with Gasteiger partial charge in [-0.3, -0.25) is 4.79 Å². The van der Waals surface area contributed by atoms with Gasteiger partial charge in [-0.2, -0.15) is 0 Å². The number of carbonyl (C=O) groups is 1. The lowest BCUT2D eigenvalue weighted by atomic mass is 9.94. The van der Waals surface area contributed by atoms with Gasteiger partial charge in [0.1, 0.15) is 0 Å². The van der Waals surface area contributed by atoms with Crippen LogP contribution in [0, 0.1) is 0 Å². The fourth-order valence-electron chi connectivity index (χ4n) is 2.98. The summed E-state index contributed by atoms with van der Waals surface area (Å²) >= 11 is 0. The van der Waals surface area contributed by atoms with Gasteiger partial charge < -0.3 is 0 Å². The first-order valence-corrected chi connectivity index (χ1v) is 7.99. The second-order valence-electron chi connectivity index (χ2n) is 5.69. The number of Topliss-reactive ketones (excluding diaryl/α,β-unsaturated/α-hetero) is 1. The number of hydrogen-bond donors (Lipinski definition) is 0. The molecule has 114 valence electrons. The van der Waals surface area contributed by atoms with E-state index in [9.17, 15) is 4.79 Å². The lowest BCUT2D eigenvalue weighted by Crippen LogP contribution is -1.95. The van der Waals surface area contributed by atoms with Gasteiger partial charge in [-0.15, -0.1) is 0 Å². The summed E-state index contributed by atoms with van der Waals surface area (Å²) in [7, 11) is 0. The molecule has 3 aromatic carbocycles. The van der Waals surface area contributed by atoms with Crippen LogP contribution in [0.2, 0.25) is 0 Å². The molecular formula is C22H20O. The second kappa shape index (κ2) is 6.62. The third-order valence-electron chi connectivity index (χ3n) is 4.21. The number of ketones is 1. The van der Waals surface area contributed by atoms with E-state index >= 15 is 0 Å². The molecule has 1 nitrogen and oxygen atoms in total. The highest BCUT2D eigenvalue weighted by molar-refractivity contribution is 6.00. The van der Waals surface area contributed by atoms with Crippen LogP contribution in [0.1, 0.15) is 29.8 Å². The van der Waals surface area contributed by atoms with Crippen LogP contribution in [-0.4, -0.2) is 5.78 Å². The molecule has 0 fully saturated rings. The summed E-state index contributed by atoms with van der Waals surface area (Å²) in [5.74, 6) is 0.0982. The van der Waals surface area contributed by atoms with Crippen LogP contribution in [0.5, 0.6) is 0 Å². The molecule has 3 aromatic rings. The third-order valence-corrected chi connectivity index (χ3v) is 4.21. The fraction of sp³-hybridized carbons (Fsp3) is 0.136. The average Bonchev–Trinajstić information content (AvgIpc) is 2.62. The summed E-state index contributed by atoms with van der Waals surface area (Å²) in [6, 6.07) is 24.8. The monoisotopic (exact) mass is 300 g/mol. The fourth-order valence-corrected chi connectivity index (χ4v) is 2.98. The van der Waals surface area contributed by atoms with Gasteiger partial charge >= 0.3 is 0 Å². The molecular weight excluding hydrogens is 280 g/mol. The van der Waals surface area contributed by atoms with Gasteiger partial charge in [0.25, 0.3) is 0 Å². The van der Waals surface area contributed by atoms with Crippen molar-refractivity contribution in [3.05, 3.63) is 83.9 Å². The Hall–Kier alpha value is -2.67. The SMILES string of the molecule is CCc1ccccc1-c1ccc(-c2ccccc2C(C)=O)cc1. The van der Waals surface area contributed by atoms with Crippen molar-refractivity contribution in [3.8, 4) is 22.3 Å². The van der Waals surface area contributed by atoms with E-state index in [1.165, 1.54) is 16.7 Å². The summed E-state index contributed by atoms with van der Waals surface area (Å²) in [6.07, 6.45) is 1.02. The van der Waals surface area contributed by atoms with Crippen molar-refractivity contribution in [3.63, 3.8) is 0 Å². The second-order valence-corrected chi connectivity index (χ2v) is 5.69. The average molecular weight is 300 g/mol. The Labute approximate surface area is 137 Å². The quantitative estimate of drug-likeness (QED) is 0.558. The molecule has 0 aromatic heterocycles. The molecule has 1 heteroatoms. The Bertz CT molecular complexity index is 829. The van der Waals surface area contributed by atoms with E-state index in [4.69, 9.17) is 0 Å². The largest absolute Gasteiger partial charge is 0.294 e. The molecule has 0 saturated heterocycles. The van der Waals surface area contributed by atoms with Crippen molar-refractivity contribution in [1.29, 1.82) is 0 Å². The number of benzene rings is 3. The Morgan fingerprint density at radius 1 is 0.739 bits per heavy atom. The summed E-state index contributed by atoms with van der Waals surface area (Å²) < 4.78 is 0. The number of hydrogen-bond acceptors (Lipinski definition) is 1. The normalized spacial score (nSPS) is 10.5. The molecule has 0 bridgehead atoms. The molecule has 23 heavy (non-hydrogen) atoms. The van der Waals surface area contributed by atoms with Crippen LogP contribution in [0.4, 0.5) is 0 Å². The molecule has 0 spiro atoms. The van der Waals surface area contributed by atoms with Crippen LogP contribution in [0.15, 0.2) is 72.8 Å². The molecule has 0 radical (unpaired) electrons. The van der Waals surface area contributed by atoms with Crippen LogP contribution >= 0.6 is 0 Å². The van der Waals surface area contributed by atoms with Gasteiger partial charge in [0.2, 0.25) is 0 Å². The Morgan fingerprint density at radius 2 is 1.26 bits per heavy atom. The van der Waals surface area contributed by atoms with E-state index < -0.39 is 0 Å². The molecule has 0 aliphatic rings. The molecule has 0 amide bonds. The van der Waals surface area contributed by atoms with Gasteiger partial charge in [0.15, 0.2) is 5.78 Å². The lowest BCUT2D eigenvalue weighted by molar-refractivity contribution is 0.101. The summed E-state index contributed by atoms with van der Waals surface area (Å²) in [6.45, 7) is 3.79. The van der Waals surface area contributed by atoms with Gasteiger partial charge in [-0.1, -0.05) is 79.7 Å². The van der Waals surface area contributed by atoms with E-state index in [-0.39, 0.29) is 5.78 Å². The Morgan fingerprint density at radius 3 is 1.87 bits per heavy atom. The zero-order valence-electron chi connectivity index (χ0n) is 13.5. The first kappa shape index (κ1) is 15.2. The third kappa shape index (κ3) is 3.09. The Kier molecular flexibility index (Phi) is 4.38. The van der Waals surface area contributed by atoms with Gasteiger partial charge in [-0.05, 0) is 41.2 Å². The summed E-state index contributed by atoms with van der Waals surface area (Å²) in [4.78, 5) is 11.8. The van der Waals surface area contributed by atoms with E-state index in [1.54, 1.807) is 6.92 Å². The highest BCUT2D eigenvalue weighted by Crippen LogP contribution is 2.29. The Balaban J connectivity index is 2.02. The lowest BCUT2D eigenvalue weighted by Gasteiger charge is -2.10. The minimum atomic E-state index is 0.0982. The van der Waals surface area contributed by atoms with Crippen LogP contribution in [-0.2, 0) is 6.42 Å². The maximum absolute atomic E-state index is 11.8. The predicted molar refractivity (Wildman–Crippen MR) is 96.7 cm³/mol. The minimum Gasteiger partial charge on any atom is -0.294 e. The van der Waals surface area contributed by atoms with Crippen molar-refractivity contribution in [1.82, 2.24) is 0 Å². The molecule has 0 aliphatic heterocycles. The summed E-state index contributed by atoms with van der Waals surface area (Å²) in [5.41, 5.74) is 6.69. The molecule has 0 N–H and O–H groups in total. The number of aryl methyl sites for hydroxylation is 1. The molecule has 0 heterocycles. The molecule has 3 rings (SSSR count).